The van der Waals surface area contributed by atoms with E-state index in [1.165, 1.54) is 51.4 Å². The highest BCUT2D eigenvalue weighted by atomic mass is 16.5. The molecule has 2 rings (SSSR count). The minimum Gasteiger partial charge on any atom is -0.494 e. The van der Waals surface area contributed by atoms with E-state index in [0.29, 0.717) is 12.5 Å². The average molecular weight is 411 g/mol. The molecule has 0 bridgehead atoms. The van der Waals surface area contributed by atoms with E-state index in [2.05, 4.69) is 23.5 Å². The molecule has 30 heavy (non-hydrogen) atoms. The smallest absolute Gasteiger partial charge is 0.232 e. The highest BCUT2D eigenvalue weighted by molar-refractivity contribution is 5.59. The number of hydrogen-bond donors (Lipinski definition) is 0. The largest absolute Gasteiger partial charge is 0.494 e. The molecule has 1 heterocycles. The maximum Gasteiger partial charge on any atom is 0.232 e. The summed E-state index contributed by atoms with van der Waals surface area (Å²) in [6.07, 6.45) is 18.9. The van der Waals surface area contributed by atoms with Crippen LogP contribution in [-0.2, 0) is 0 Å². The molecule has 0 amide bonds. The van der Waals surface area contributed by atoms with Gasteiger partial charge in [-0.1, -0.05) is 57.9 Å². The normalized spacial score (nSPS) is 10.7. The molecule has 0 saturated heterocycles. The standard InChI is InChI=1S/C26H38N2O2/c1-3-5-7-9-11-13-19-29-24-17-15-23(16-18-24)25-21-28-26(22-27-25)30-20-14-12-10-8-6-4-2/h3,15-18,21-22H,1,4-14,19-20H2,2H3. The summed E-state index contributed by atoms with van der Waals surface area (Å²) in [5.74, 6) is 1.50. The van der Waals surface area contributed by atoms with Crippen LogP contribution in [0, 0.1) is 0 Å². The predicted octanol–water partition coefficient (Wildman–Crippen LogP) is 7.40. The fourth-order valence-electron chi connectivity index (χ4n) is 3.26. The van der Waals surface area contributed by atoms with Crippen molar-refractivity contribution in [1.82, 2.24) is 9.97 Å². The van der Waals surface area contributed by atoms with E-state index in [1.807, 2.05) is 30.3 Å². The Kier molecular flexibility index (Phi) is 12.3. The van der Waals surface area contributed by atoms with Crippen molar-refractivity contribution >= 4 is 0 Å². The second-order valence-electron chi connectivity index (χ2n) is 7.72. The summed E-state index contributed by atoms with van der Waals surface area (Å²) < 4.78 is 11.5. The minimum atomic E-state index is 0.598. The van der Waals surface area contributed by atoms with Gasteiger partial charge >= 0.3 is 0 Å². The van der Waals surface area contributed by atoms with Crippen LogP contribution in [0.25, 0.3) is 11.3 Å². The fourth-order valence-corrected chi connectivity index (χ4v) is 3.26. The van der Waals surface area contributed by atoms with Crippen LogP contribution in [-0.4, -0.2) is 23.2 Å². The molecule has 0 atom stereocenters. The van der Waals surface area contributed by atoms with Crippen molar-refractivity contribution in [3.05, 3.63) is 49.3 Å². The van der Waals surface area contributed by atoms with Crippen LogP contribution in [0.1, 0.15) is 77.6 Å². The predicted molar refractivity (Wildman–Crippen MR) is 125 cm³/mol. The molecule has 2 aromatic rings. The summed E-state index contributed by atoms with van der Waals surface area (Å²) in [5, 5.41) is 0. The van der Waals surface area contributed by atoms with Gasteiger partial charge in [-0.25, -0.2) is 9.97 Å². The Hall–Kier alpha value is -2.36. The quantitative estimate of drug-likeness (QED) is 0.201. The van der Waals surface area contributed by atoms with Gasteiger partial charge in [0.15, 0.2) is 0 Å². The lowest BCUT2D eigenvalue weighted by molar-refractivity contribution is 0.292. The van der Waals surface area contributed by atoms with Crippen LogP contribution in [0.4, 0.5) is 0 Å². The van der Waals surface area contributed by atoms with Gasteiger partial charge in [0.25, 0.3) is 0 Å². The van der Waals surface area contributed by atoms with Crippen molar-refractivity contribution in [3.63, 3.8) is 0 Å². The number of unbranched alkanes of at least 4 members (excludes halogenated alkanes) is 9. The van der Waals surface area contributed by atoms with Crippen LogP contribution in [0.15, 0.2) is 49.3 Å². The number of ether oxygens (including phenoxy) is 2. The van der Waals surface area contributed by atoms with Crippen molar-refractivity contribution in [2.45, 2.75) is 77.6 Å². The zero-order valence-electron chi connectivity index (χ0n) is 18.7. The molecule has 0 saturated carbocycles. The topological polar surface area (TPSA) is 44.2 Å². The van der Waals surface area contributed by atoms with Gasteiger partial charge in [-0.2, -0.15) is 0 Å². The van der Waals surface area contributed by atoms with Crippen molar-refractivity contribution in [1.29, 1.82) is 0 Å². The Labute approximate surface area is 182 Å². The molecule has 164 valence electrons. The van der Waals surface area contributed by atoms with Crippen molar-refractivity contribution in [3.8, 4) is 22.9 Å². The van der Waals surface area contributed by atoms with E-state index < -0.39 is 0 Å². The number of nitrogens with zero attached hydrogens (tertiary/aromatic N) is 2. The number of hydrogen-bond acceptors (Lipinski definition) is 4. The summed E-state index contributed by atoms with van der Waals surface area (Å²) in [4.78, 5) is 8.89. The van der Waals surface area contributed by atoms with E-state index in [0.717, 1.165) is 42.9 Å². The second-order valence-corrected chi connectivity index (χ2v) is 7.72. The van der Waals surface area contributed by atoms with Crippen LogP contribution in [0.2, 0.25) is 0 Å². The Balaban J connectivity index is 1.66. The first-order chi connectivity index (χ1) is 14.8. The molecule has 1 aromatic carbocycles. The molecule has 0 N–H and O–H groups in total. The maximum absolute atomic E-state index is 5.83. The van der Waals surface area contributed by atoms with Crippen molar-refractivity contribution in [2.75, 3.05) is 13.2 Å². The van der Waals surface area contributed by atoms with E-state index >= 15 is 0 Å². The van der Waals surface area contributed by atoms with E-state index in [9.17, 15) is 0 Å². The molecule has 0 radical (unpaired) electrons. The Morgan fingerprint density at radius 3 is 2.10 bits per heavy atom. The first-order valence-electron chi connectivity index (χ1n) is 11.6. The van der Waals surface area contributed by atoms with Gasteiger partial charge in [0, 0.05) is 5.56 Å². The number of benzene rings is 1. The fraction of sp³-hybridized carbons (Fsp3) is 0.538. The van der Waals surface area contributed by atoms with Gasteiger partial charge in [-0.05, 0) is 49.9 Å². The van der Waals surface area contributed by atoms with E-state index in [1.54, 1.807) is 12.4 Å². The first kappa shape index (κ1) is 23.9. The summed E-state index contributed by atoms with van der Waals surface area (Å²) in [7, 11) is 0. The zero-order valence-corrected chi connectivity index (χ0v) is 18.7. The van der Waals surface area contributed by atoms with Crippen molar-refractivity contribution in [2.24, 2.45) is 0 Å². The summed E-state index contributed by atoms with van der Waals surface area (Å²) in [6, 6.07) is 8.05. The van der Waals surface area contributed by atoms with Gasteiger partial charge < -0.3 is 9.47 Å². The molecule has 0 aliphatic rings. The monoisotopic (exact) mass is 410 g/mol. The molecular weight excluding hydrogens is 372 g/mol. The maximum atomic E-state index is 5.83. The van der Waals surface area contributed by atoms with Gasteiger partial charge in [-0.15, -0.1) is 6.58 Å². The molecule has 1 aromatic heterocycles. The molecule has 0 aliphatic carbocycles. The van der Waals surface area contributed by atoms with Crippen LogP contribution in [0.3, 0.4) is 0 Å². The lowest BCUT2D eigenvalue weighted by atomic mass is 10.1. The number of rotatable bonds is 17. The zero-order chi connectivity index (χ0) is 21.3. The van der Waals surface area contributed by atoms with Gasteiger partial charge in [0.1, 0.15) is 5.75 Å². The molecule has 0 unspecified atom stereocenters. The third-order valence-electron chi connectivity index (χ3n) is 5.10. The average Bonchev–Trinajstić information content (AvgIpc) is 2.79. The molecule has 0 fully saturated rings. The highest BCUT2D eigenvalue weighted by Gasteiger charge is 2.03. The van der Waals surface area contributed by atoms with Gasteiger partial charge in [-0.3, -0.25) is 0 Å². The SMILES string of the molecule is C=CCCCCCCOc1ccc(-c2cnc(OCCCCCCCC)cn2)cc1. The molecule has 0 aliphatic heterocycles. The summed E-state index contributed by atoms with van der Waals surface area (Å²) >= 11 is 0. The Morgan fingerprint density at radius 2 is 1.43 bits per heavy atom. The number of allylic oxidation sites excluding steroid dienone is 1. The Bertz CT molecular complexity index is 683. The first-order valence-corrected chi connectivity index (χ1v) is 11.6. The molecular formula is C26H38N2O2. The summed E-state index contributed by atoms with van der Waals surface area (Å²) in [6.45, 7) is 7.46. The van der Waals surface area contributed by atoms with Crippen LogP contribution in [0.5, 0.6) is 11.6 Å². The molecule has 4 heteroatoms. The minimum absolute atomic E-state index is 0.598. The summed E-state index contributed by atoms with van der Waals surface area (Å²) in [5.41, 5.74) is 1.87. The lowest BCUT2D eigenvalue weighted by Gasteiger charge is -2.08. The lowest BCUT2D eigenvalue weighted by Crippen LogP contribution is -2.00. The van der Waals surface area contributed by atoms with E-state index in [4.69, 9.17) is 9.47 Å². The molecule has 4 nitrogen and oxygen atoms in total. The van der Waals surface area contributed by atoms with Crippen LogP contribution < -0.4 is 9.47 Å². The van der Waals surface area contributed by atoms with Gasteiger partial charge in [0.2, 0.25) is 5.88 Å². The van der Waals surface area contributed by atoms with Crippen LogP contribution >= 0.6 is 0 Å². The van der Waals surface area contributed by atoms with E-state index in [-0.39, 0.29) is 0 Å². The Morgan fingerprint density at radius 1 is 0.767 bits per heavy atom. The molecule has 0 spiro atoms. The number of aromatic nitrogens is 2. The van der Waals surface area contributed by atoms with Gasteiger partial charge in [0.05, 0.1) is 31.3 Å². The third-order valence-corrected chi connectivity index (χ3v) is 5.10. The highest BCUT2D eigenvalue weighted by Crippen LogP contribution is 2.21. The third kappa shape index (κ3) is 9.91. The van der Waals surface area contributed by atoms with Crippen molar-refractivity contribution < 1.29 is 9.47 Å². The second kappa shape index (κ2) is 15.5.